The van der Waals surface area contributed by atoms with Gasteiger partial charge in [-0.05, 0) is 34.7 Å². The van der Waals surface area contributed by atoms with Crippen molar-refractivity contribution in [3.8, 4) is 0 Å². The number of hydrogen-bond acceptors (Lipinski definition) is 5. The number of nitrogens with one attached hydrogen (secondary N) is 1. The van der Waals surface area contributed by atoms with Gasteiger partial charge >= 0.3 is 5.97 Å². The van der Waals surface area contributed by atoms with E-state index in [9.17, 15) is 14.9 Å². The van der Waals surface area contributed by atoms with Crippen molar-refractivity contribution in [1.82, 2.24) is 5.32 Å². The first-order valence-corrected chi connectivity index (χ1v) is 9.29. The molecule has 0 radical (unpaired) electrons. The molecule has 2 aromatic rings. The van der Waals surface area contributed by atoms with Gasteiger partial charge in [-0.25, -0.2) is 0 Å². The van der Waals surface area contributed by atoms with Gasteiger partial charge in [-0.1, -0.05) is 57.2 Å². The molecule has 27 heavy (non-hydrogen) atoms. The lowest BCUT2D eigenvalue weighted by Crippen LogP contribution is -2.45. The maximum absolute atomic E-state index is 12.6. The third-order valence-electron chi connectivity index (χ3n) is 5.34. The van der Waals surface area contributed by atoms with Gasteiger partial charge in [-0.2, -0.15) is 0 Å². The summed E-state index contributed by atoms with van der Waals surface area (Å²) in [5.41, 5.74) is 0.379. The molecule has 4 atom stereocenters. The first kappa shape index (κ1) is 19.3. The number of carbonyl (C=O) groups excluding carboxylic acids is 1. The van der Waals surface area contributed by atoms with E-state index in [0.29, 0.717) is 0 Å². The van der Waals surface area contributed by atoms with Gasteiger partial charge in [0.15, 0.2) is 0 Å². The second-order valence-electron chi connectivity index (χ2n) is 8.15. The average molecular weight is 370 g/mol. The fourth-order valence-electron chi connectivity index (χ4n) is 4.21. The van der Waals surface area contributed by atoms with Gasteiger partial charge in [-0.15, -0.1) is 0 Å². The Kier molecular flexibility index (Phi) is 5.20. The molecule has 1 fully saturated rings. The van der Waals surface area contributed by atoms with Crippen LogP contribution in [0.5, 0.6) is 0 Å². The van der Waals surface area contributed by atoms with Crippen LogP contribution >= 0.6 is 0 Å². The lowest BCUT2D eigenvalue weighted by molar-refractivity contribution is -0.535. The number of carbonyl (C=O) groups is 1. The van der Waals surface area contributed by atoms with Crippen molar-refractivity contribution >= 4 is 16.7 Å². The monoisotopic (exact) mass is 370 g/mol. The van der Waals surface area contributed by atoms with E-state index in [1.54, 1.807) is 6.92 Å². The van der Waals surface area contributed by atoms with E-state index in [2.05, 4.69) is 5.32 Å². The summed E-state index contributed by atoms with van der Waals surface area (Å²) in [6.45, 7) is 7.79. The zero-order chi connectivity index (χ0) is 19.8. The Balaban J connectivity index is 2.07. The zero-order valence-electron chi connectivity index (χ0n) is 16.1. The first-order chi connectivity index (χ1) is 12.7. The van der Waals surface area contributed by atoms with Crippen LogP contribution in [-0.4, -0.2) is 29.6 Å². The molecule has 1 N–H and O–H groups in total. The number of hydrogen-bond donors (Lipinski definition) is 1. The van der Waals surface area contributed by atoms with Gasteiger partial charge in [0.2, 0.25) is 6.04 Å². The van der Waals surface area contributed by atoms with Crippen molar-refractivity contribution in [1.29, 1.82) is 0 Å². The van der Waals surface area contributed by atoms with E-state index in [1.165, 1.54) is 0 Å². The van der Waals surface area contributed by atoms with Gasteiger partial charge in [0, 0.05) is 4.92 Å². The minimum atomic E-state index is -0.916. The molecule has 3 rings (SSSR count). The molecule has 0 aromatic heterocycles. The van der Waals surface area contributed by atoms with Crippen LogP contribution in [0, 0.1) is 21.4 Å². The molecule has 1 aliphatic heterocycles. The summed E-state index contributed by atoms with van der Waals surface area (Å²) in [5, 5.41) is 17.4. The van der Waals surface area contributed by atoms with Gasteiger partial charge in [0.1, 0.15) is 12.1 Å². The third-order valence-corrected chi connectivity index (χ3v) is 5.34. The Morgan fingerprint density at radius 2 is 1.85 bits per heavy atom. The predicted octanol–water partition coefficient (Wildman–Crippen LogP) is 3.72. The average Bonchev–Trinajstić information content (AvgIpc) is 3.03. The molecule has 0 amide bonds. The normalized spacial score (nSPS) is 25.5. The van der Waals surface area contributed by atoms with Crippen molar-refractivity contribution in [3.63, 3.8) is 0 Å². The third kappa shape index (κ3) is 3.67. The van der Waals surface area contributed by atoms with Crippen molar-refractivity contribution in [3.05, 3.63) is 58.1 Å². The van der Waals surface area contributed by atoms with Crippen LogP contribution in [0.2, 0.25) is 0 Å². The Morgan fingerprint density at radius 1 is 1.19 bits per heavy atom. The molecule has 0 bridgehead atoms. The van der Waals surface area contributed by atoms with Crippen LogP contribution in [0.25, 0.3) is 10.8 Å². The predicted molar refractivity (Wildman–Crippen MR) is 104 cm³/mol. The Hall–Kier alpha value is -2.47. The maximum atomic E-state index is 12.6. The van der Waals surface area contributed by atoms with Crippen LogP contribution in [0.1, 0.15) is 39.3 Å². The molecule has 1 saturated heterocycles. The molecule has 2 aromatic carbocycles. The lowest BCUT2D eigenvalue weighted by atomic mass is 9.73. The molecule has 6 nitrogen and oxygen atoms in total. The highest BCUT2D eigenvalue weighted by Gasteiger charge is 2.58. The van der Waals surface area contributed by atoms with E-state index < -0.39 is 35.4 Å². The van der Waals surface area contributed by atoms with E-state index >= 15 is 0 Å². The summed E-state index contributed by atoms with van der Waals surface area (Å²) < 4.78 is 5.21. The summed E-state index contributed by atoms with van der Waals surface area (Å²) in [6, 6.07) is 11.6. The summed E-state index contributed by atoms with van der Waals surface area (Å²) in [7, 11) is 0. The van der Waals surface area contributed by atoms with Crippen LogP contribution in [0.15, 0.2) is 42.5 Å². The summed E-state index contributed by atoms with van der Waals surface area (Å²) in [5.74, 6) is -0.907. The molecule has 6 heteroatoms. The van der Waals surface area contributed by atoms with Gasteiger partial charge < -0.3 is 4.74 Å². The zero-order valence-corrected chi connectivity index (χ0v) is 16.1. The minimum Gasteiger partial charge on any atom is -0.465 e. The quantitative estimate of drug-likeness (QED) is 0.504. The van der Waals surface area contributed by atoms with Crippen molar-refractivity contribution in [2.45, 2.75) is 45.8 Å². The van der Waals surface area contributed by atoms with Crippen LogP contribution in [0.3, 0.4) is 0 Å². The highest BCUT2D eigenvalue weighted by Crippen LogP contribution is 2.44. The van der Waals surface area contributed by atoms with Gasteiger partial charge in [0.25, 0.3) is 0 Å². The van der Waals surface area contributed by atoms with Crippen LogP contribution in [0.4, 0.5) is 0 Å². The van der Waals surface area contributed by atoms with E-state index in [-0.39, 0.29) is 11.5 Å². The molecule has 144 valence electrons. The molecule has 1 aliphatic rings. The summed E-state index contributed by atoms with van der Waals surface area (Å²) in [4.78, 5) is 24.3. The van der Waals surface area contributed by atoms with Gasteiger partial charge in [-0.3, -0.25) is 20.2 Å². The van der Waals surface area contributed by atoms with Crippen molar-refractivity contribution in [2.24, 2.45) is 11.3 Å². The number of rotatable bonds is 4. The minimum absolute atomic E-state index is 0.248. The highest BCUT2D eigenvalue weighted by atomic mass is 16.6. The number of benzene rings is 2. The Bertz CT molecular complexity index is 859. The second-order valence-corrected chi connectivity index (χ2v) is 8.15. The fraction of sp³-hybridized carbons (Fsp3) is 0.476. The van der Waals surface area contributed by atoms with Crippen molar-refractivity contribution < 1.29 is 14.5 Å². The highest BCUT2D eigenvalue weighted by molar-refractivity contribution is 5.83. The van der Waals surface area contributed by atoms with E-state index in [4.69, 9.17) is 4.74 Å². The largest absolute Gasteiger partial charge is 0.465 e. The molecule has 0 spiro atoms. The molecule has 0 unspecified atom stereocenters. The standard InChI is InChI=1S/C21H26N2O4/c1-5-27-20(24)18-16(21(2,3)4)19(23(25)26)17(22-18)15-11-10-13-8-6-7-9-14(13)12-15/h6-12,16-19,22H,5H2,1-4H3/t16-,17+,18+,19+/m1/s1. The molecule has 0 saturated carbocycles. The topological polar surface area (TPSA) is 81.5 Å². The smallest absolute Gasteiger partial charge is 0.323 e. The summed E-state index contributed by atoms with van der Waals surface area (Å²) in [6.07, 6.45) is 0. The molecule has 1 heterocycles. The van der Waals surface area contributed by atoms with Crippen LogP contribution < -0.4 is 5.32 Å². The van der Waals surface area contributed by atoms with Crippen molar-refractivity contribution in [2.75, 3.05) is 6.61 Å². The maximum Gasteiger partial charge on any atom is 0.323 e. The molecular formula is C21H26N2O4. The SMILES string of the molecule is CCOC(=O)[C@H]1N[C@@H](c2ccc3ccccc3c2)[C@@H]([N+](=O)[O-])[C@@H]1C(C)(C)C. The number of ether oxygens (including phenoxy) is 1. The lowest BCUT2D eigenvalue weighted by Gasteiger charge is -2.31. The number of nitrogens with zero attached hydrogens (tertiary/aromatic N) is 1. The number of fused-ring (bicyclic) bond motifs is 1. The molecular weight excluding hydrogens is 344 g/mol. The van der Waals surface area contributed by atoms with E-state index in [0.717, 1.165) is 16.3 Å². The Morgan fingerprint density at radius 3 is 2.44 bits per heavy atom. The van der Waals surface area contributed by atoms with E-state index in [1.807, 2.05) is 63.2 Å². The van der Waals surface area contributed by atoms with Gasteiger partial charge in [0.05, 0.1) is 12.5 Å². The molecule has 0 aliphatic carbocycles. The van der Waals surface area contributed by atoms with Crippen LogP contribution in [-0.2, 0) is 9.53 Å². The Labute approximate surface area is 159 Å². The first-order valence-electron chi connectivity index (χ1n) is 9.29. The number of esters is 1. The second kappa shape index (κ2) is 7.27. The summed E-state index contributed by atoms with van der Waals surface area (Å²) >= 11 is 0. The number of nitro groups is 1. The fourth-order valence-corrected chi connectivity index (χ4v) is 4.21.